The quantitative estimate of drug-likeness (QED) is 0.697. The van der Waals surface area contributed by atoms with E-state index in [4.69, 9.17) is 5.41 Å². The summed E-state index contributed by atoms with van der Waals surface area (Å²) in [4.78, 5) is 0. The molecular formula is C10H11F2N. The second kappa shape index (κ2) is 4.12. The molecule has 1 nitrogen and oxygen atoms in total. The van der Waals surface area contributed by atoms with Gasteiger partial charge >= 0.3 is 0 Å². The number of hydrogen-bond acceptors (Lipinski definition) is 1. The highest BCUT2D eigenvalue weighted by atomic mass is 19.3. The molecule has 0 spiro atoms. The van der Waals surface area contributed by atoms with E-state index >= 15 is 0 Å². The highest BCUT2D eigenvalue weighted by molar-refractivity contribution is 6.00. The fourth-order valence-electron chi connectivity index (χ4n) is 1.05. The van der Waals surface area contributed by atoms with Crippen LogP contribution in [0.3, 0.4) is 0 Å². The van der Waals surface area contributed by atoms with Crippen LogP contribution in [0.1, 0.15) is 18.1 Å². The van der Waals surface area contributed by atoms with Gasteiger partial charge in [0.1, 0.15) is 5.71 Å². The van der Waals surface area contributed by atoms with Gasteiger partial charge in [0, 0.05) is 5.56 Å². The minimum atomic E-state index is -2.69. The van der Waals surface area contributed by atoms with Gasteiger partial charge in [0.05, 0.1) is 0 Å². The molecule has 70 valence electrons. The van der Waals surface area contributed by atoms with Crippen molar-refractivity contribution in [2.75, 3.05) is 0 Å². The third-order valence-corrected chi connectivity index (χ3v) is 1.89. The molecule has 1 aromatic rings. The van der Waals surface area contributed by atoms with Gasteiger partial charge in [-0.1, -0.05) is 31.2 Å². The maximum atomic E-state index is 12.1. The van der Waals surface area contributed by atoms with E-state index in [1.807, 2.05) is 6.92 Å². The Bertz CT molecular complexity index is 290. The molecule has 0 radical (unpaired) electrons. The van der Waals surface area contributed by atoms with Crippen molar-refractivity contribution in [3.8, 4) is 0 Å². The Morgan fingerprint density at radius 1 is 1.31 bits per heavy atom. The molecule has 0 bridgehead atoms. The normalized spacial score (nSPS) is 10.5. The number of alkyl halides is 2. The summed E-state index contributed by atoms with van der Waals surface area (Å²) in [5.41, 5.74) is 0.778. The number of nitrogens with one attached hydrogen (secondary N) is 1. The molecule has 0 aliphatic rings. The SMILES string of the molecule is CCc1ccc(C(=N)C(F)F)cc1. The fourth-order valence-corrected chi connectivity index (χ4v) is 1.05. The van der Waals surface area contributed by atoms with Crippen LogP contribution >= 0.6 is 0 Å². The summed E-state index contributed by atoms with van der Waals surface area (Å²) in [5.74, 6) is 0. The Hall–Kier alpha value is -1.25. The van der Waals surface area contributed by atoms with E-state index < -0.39 is 12.1 Å². The highest BCUT2D eigenvalue weighted by Crippen LogP contribution is 2.09. The van der Waals surface area contributed by atoms with Crippen LogP contribution in [0.2, 0.25) is 0 Å². The van der Waals surface area contributed by atoms with Crippen LogP contribution in [0, 0.1) is 5.41 Å². The van der Waals surface area contributed by atoms with Crippen molar-refractivity contribution in [1.29, 1.82) is 5.41 Å². The molecule has 0 fully saturated rings. The van der Waals surface area contributed by atoms with Crippen LogP contribution in [0.15, 0.2) is 24.3 Å². The summed E-state index contributed by atoms with van der Waals surface area (Å²) in [6, 6.07) is 6.67. The van der Waals surface area contributed by atoms with E-state index in [0.29, 0.717) is 5.56 Å². The zero-order chi connectivity index (χ0) is 9.84. The van der Waals surface area contributed by atoms with Gasteiger partial charge in [0.2, 0.25) is 0 Å². The summed E-state index contributed by atoms with van der Waals surface area (Å²) in [6.07, 6.45) is -1.81. The van der Waals surface area contributed by atoms with Crippen molar-refractivity contribution in [1.82, 2.24) is 0 Å². The monoisotopic (exact) mass is 183 g/mol. The fraction of sp³-hybridized carbons (Fsp3) is 0.300. The molecule has 0 amide bonds. The summed E-state index contributed by atoms with van der Waals surface area (Å²) in [6.45, 7) is 1.99. The average molecular weight is 183 g/mol. The summed E-state index contributed by atoms with van der Waals surface area (Å²) >= 11 is 0. The Balaban J connectivity index is 2.86. The van der Waals surface area contributed by atoms with E-state index in [0.717, 1.165) is 12.0 Å². The van der Waals surface area contributed by atoms with E-state index in [-0.39, 0.29) is 0 Å². The van der Waals surface area contributed by atoms with Crippen molar-refractivity contribution in [3.05, 3.63) is 35.4 Å². The second-order valence-electron chi connectivity index (χ2n) is 2.76. The van der Waals surface area contributed by atoms with Gasteiger partial charge in [-0.25, -0.2) is 8.78 Å². The van der Waals surface area contributed by atoms with Gasteiger partial charge in [-0.3, -0.25) is 5.41 Å². The van der Waals surface area contributed by atoms with Gasteiger partial charge in [-0.15, -0.1) is 0 Å². The highest BCUT2D eigenvalue weighted by Gasteiger charge is 2.12. The first-order valence-corrected chi connectivity index (χ1v) is 4.11. The lowest BCUT2D eigenvalue weighted by Crippen LogP contribution is -2.09. The van der Waals surface area contributed by atoms with Gasteiger partial charge in [-0.2, -0.15) is 0 Å². The van der Waals surface area contributed by atoms with Crippen LogP contribution in [0.4, 0.5) is 8.78 Å². The molecule has 0 saturated heterocycles. The van der Waals surface area contributed by atoms with Gasteiger partial charge < -0.3 is 0 Å². The Morgan fingerprint density at radius 2 is 1.85 bits per heavy atom. The third-order valence-electron chi connectivity index (χ3n) is 1.89. The Labute approximate surface area is 75.9 Å². The minimum absolute atomic E-state index is 0.298. The molecule has 1 N–H and O–H groups in total. The van der Waals surface area contributed by atoms with Crippen molar-refractivity contribution in [3.63, 3.8) is 0 Å². The van der Waals surface area contributed by atoms with E-state index in [9.17, 15) is 8.78 Å². The van der Waals surface area contributed by atoms with Crippen LogP contribution in [-0.4, -0.2) is 12.1 Å². The van der Waals surface area contributed by atoms with Gasteiger partial charge in [-0.05, 0) is 12.0 Å². The molecule has 0 aliphatic heterocycles. The van der Waals surface area contributed by atoms with Gasteiger partial charge in [0.15, 0.2) is 0 Å². The lowest BCUT2D eigenvalue weighted by molar-refractivity contribution is 0.225. The largest absolute Gasteiger partial charge is 0.299 e. The van der Waals surface area contributed by atoms with E-state index in [1.54, 1.807) is 24.3 Å². The standard InChI is InChI=1S/C10H11F2N/c1-2-7-3-5-8(6-4-7)9(13)10(11)12/h3-6,10,13H,2H2,1H3. The van der Waals surface area contributed by atoms with E-state index in [1.165, 1.54) is 0 Å². The predicted octanol–water partition coefficient (Wildman–Crippen LogP) is 2.88. The first-order valence-electron chi connectivity index (χ1n) is 4.11. The predicted molar refractivity (Wildman–Crippen MR) is 48.7 cm³/mol. The average Bonchev–Trinajstić information content (AvgIpc) is 2.17. The molecular weight excluding hydrogens is 172 g/mol. The van der Waals surface area contributed by atoms with Crippen molar-refractivity contribution < 1.29 is 8.78 Å². The van der Waals surface area contributed by atoms with Gasteiger partial charge in [0.25, 0.3) is 6.43 Å². The lowest BCUT2D eigenvalue weighted by Gasteiger charge is -2.03. The number of aryl methyl sites for hydroxylation is 1. The maximum Gasteiger partial charge on any atom is 0.280 e. The lowest BCUT2D eigenvalue weighted by atomic mass is 10.1. The Kier molecular flexibility index (Phi) is 3.12. The van der Waals surface area contributed by atoms with Crippen LogP contribution < -0.4 is 0 Å². The van der Waals surface area contributed by atoms with Crippen molar-refractivity contribution in [2.24, 2.45) is 0 Å². The molecule has 13 heavy (non-hydrogen) atoms. The first-order chi connectivity index (χ1) is 6.15. The third kappa shape index (κ3) is 2.34. The molecule has 1 aromatic carbocycles. The molecule has 0 aliphatic carbocycles. The van der Waals surface area contributed by atoms with Crippen LogP contribution in [-0.2, 0) is 6.42 Å². The zero-order valence-corrected chi connectivity index (χ0v) is 7.35. The first kappa shape index (κ1) is 9.84. The summed E-state index contributed by atoms with van der Waals surface area (Å²) in [5, 5.41) is 7.06. The molecule has 0 atom stereocenters. The van der Waals surface area contributed by atoms with E-state index in [2.05, 4.69) is 0 Å². The summed E-state index contributed by atoms with van der Waals surface area (Å²) < 4.78 is 24.1. The van der Waals surface area contributed by atoms with Crippen LogP contribution in [0.5, 0.6) is 0 Å². The summed E-state index contributed by atoms with van der Waals surface area (Å²) in [7, 11) is 0. The number of halogens is 2. The number of rotatable bonds is 3. The molecule has 0 saturated carbocycles. The minimum Gasteiger partial charge on any atom is -0.299 e. The Morgan fingerprint density at radius 3 is 2.23 bits per heavy atom. The molecule has 0 aromatic heterocycles. The molecule has 0 heterocycles. The second-order valence-corrected chi connectivity index (χ2v) is 2.76. The topological polar surface area (TPSA) is 23.9 Å². The molecule has 3 heteroatoms. The molecule has 1 rings (SSSR count). The van der Waals surface area contributed by atoms with Crippen molar-refractivity contribution in [2.45, 2.75) is 19.8 Å². The zero-order valence-electron chi connectivity index (χ0n) is 7.35. The van der Waals surface area contributed by atoms with Crippen molar-refractivity contribution >= 4 is 5.71 Å². The number of hydrogen-bond donors (Lipinski definition) is 1. The van der Waals surface area contributed by atoms with Crippen LogP contribution in [0.25, 0.3) is 0 Å². The molecule has 0 unspecified atom stereocenters. The smallest absolute Gasteiger partial charge is 0.280 e. The maximum absolute atomic E-state index is 12.1. The number of benzene rings is 1.